The molecule has 0 bridgehead atoms. The number of amides is 1. The van der Waals surface area contributed by atoms with Gasteiger partial charge in [-0.2, -0.15) is 5.10 Å². The fraction of sp³-hybridized carbons (Fsp3) is 0.412. The van der Waals surface area contributed by atoms with Crippen LogP contribution in [0.4, 0.5) is 0 Å². The molecular formula is C17H23ClN4O. The standard InChI is InChI=1S/C17H22N4O.ClH/c22-17(9-8-15-5-4-10-18-15)19-11-14-12-20-21(13-14)16-6-2-1-3-7-16;/h1-3,6-7,12-13,15,18H,4-5,8-11H2,(H,19,22);1H. The quantitative estimate of drug-likeness (QED) is 0.853. The van der Waals surface area contributed by atoms with Crippen LogP contribution in [0.5, 0.6) is 0 Å². The third-order valence-electron chi connectivity index (χ3n) is 4.03. The van der Waals surface area contributed by atoms with Crippen LogP contribution in [0, 0.1) is 0 Å². The van der Waals surface area contributed by atoms with Gasteiger partial charge in [-0.15, -0.1) is 12.4 Å². The first-order valence-corrected chi connectivity index (χ1v) is 7.90. The Bertz CT molecular complexity index is 608. The van der Waals surface area contributed by atoms with Crippen molar-refractivity contribution in [2.24, 2.45) is 0 Å². The summed E-state index contributed by atoms with van der Waals surface area (Å²) in [5, 5.41) is 10.7. The van der Waals surface area contributed by atoms with Crippen LogP contribution in [0.1, 0.15) is 31.2 Å². The lowest BCUT2D eigenvalue weighted by Gasteiger charge is -2.09. The summed E-state index contributed by atoms with van der Waals surface area (Å²) in [5.74, 6) is 0.112. The first-order chi connectivity index (χ1) is 10.8. The zero-order valence-electron chi connectivity index (χ0n) is 13.1. The van der Waals surface area contributed by atoms with Crippen molar-refractivity contribution in [2.45, 2.75) is 38.3 Å². The van der Waals surface area contributed by atoms with E-state index in [0.29, 0.717) is 19.0 Å². The molecule has 1 aliphatic rings. The van der Waals surface area contributed by atoms with Crippen LogP contribution < -0.4 is 10.6 Å². The van der Waals surface area contributed by atoms with Gasteiger partial charge in [-0.25, -0.2) is 4.68 Å². The van der Waals surface area contributed by atoms with Gasteiger partial charge in [0.25, 0.3) is 0 Å². The summed E-state index contributed by atoms with van der Waals surface area (Å²) in [6.45, 7) is 1.62. The van der Waals surface area contributed by atoms with E-state index in [-0.39, 0.29) is 18.3 Å². The minimum atomic E-state index is 0. The van der Waals surface area contributed by atoms with Crippen LogP contribution in [-0.2, 0) is 11.3 Å². The zero-order chi connectivity index (χ0) is 15.2. The van der Waals surface area contributed by atoms with Crippen molar-refractivity contribution in [3.8, 4) is 5.69 Å². The second-order valence-electron chi connectivity index (χ2n) is 5.74. The number of para-hydroxylation sites is 1. The topological polar surface area (TPSA) is 59.0 Å². The lowest BCUT2D eigenvalue weighted by atomic mass is 10.1. The van der Waals surface area contributed by atoms with Gasteiger partial charge < -0.3 is 10.6 Å². The molecule has 6 heteroatoms. The Labute approximate surface area is 142 Å². The third-order valence-corrected chi connectivity index (χ3v) is 4.03. The van der Waals surface area contributed by atoms with E-state index < -0.39 is 0 Å². The molecule has 1 aromatic heterocycles. The molecule has 1 unspecified atom stereocenters. The van der Waals surface area contributed by atoms with Crippen molar-refractivity contribution >= 4 is 18.3 Å². The van der Waals surface area contributed by atoms with Gasteiger partial charge in [-0.1, -0.05) is 18.2 Å². The van der Waals surface area contributed by atoms with Crippen molar-refractivity contribution in [3.63, 3.8) is 0 Å². The Hall–Kier alpha value is -1.85. The van der Waals surface area contributed by atoms with Gasteiger partial charge in [0.2, 0.25) is 5.91 Å². The minimum Gasteiger partial charge on any atom is -0.352 e. The van der Waals surface area contributed by atoms with E-state index in [2.05, 4.69) is 15.7 Å². The van der Waals surface area contributed by atoms with Gasteiger partial charge in [0.05, 0.1) is 11.9 Å². The largest absolute Gasteiger partial charge is 0.352 e. The summed E-state index contributed by atoms with van der Waals surface area (Å²) in [7, 11) is 0. The number of aromatic nitrogens is 2. The molecule has 1 amide bonds. The number of nitrogens with one attached hydrogen (secondary N) is 2. The number of hydrogen-bond acceptors (Lipinski definition) is 3. The average Bonchev–Trinajstić information content (AvgIpc) is 3.23. The SMILES string of the molecule is Cl.O=C(CCC1CCCN1)NCc1cnn(-c2ccccc2)c1. The van der Waals surface area contributed by atoms with Gasteiger partial charge >= 0.3 is 0 Å². The molecule has 1 atom stereocenters. The molecule has 0 radical (unpaired) electrons. The van der Waals surface area contributed by atoms with E-state index in [9.17, 15) is 4.79 Å². The van der Waals surface area contributed by atoms with E-state index in [1.165, 1.54) is 12.8 Å². The molecule has 0 saturated carbocycles. The van der Waals surface area contributed by atoms with Crippen LogP contribution in [0.3, 0.4) is 0 Å². The van der Waals surface area contributed by atoms with Gasteiger partial charge in [-0.3, -0.25) is 4.79 Å². The fourth-order valence-corrected chi connectivity index (χ4v) is 2.77. The molecular weight excluding hydrogens is 312 g/mol. The number of rotatable bonds is 6. The molecule has 1 saturated heterocycles. The molecule has 2 aromatic rings. The van der Waals surface area contributed by atoms with E-state index in [1.54, 1.807) is 6.20 Å². The Morgan fingerprint density at radius 3 is 2.91 bits per heavy atom. The highest BCUT2D eigenvalue weighted by Gasteiger charge is 2.15. The Morgan fingerprint density at radius 2 is 2.17 bits per heavy atom. The Kier molecular flexibility index (Phi) is 6.62. The first-order valence-electron chi connectivity index (χ1n) is 7.90. The molecule has 1 fully saturated rings. The second kappa shape index (κ2) is 8.70. The number of hydrogen-bond donors (Lipinski definition) is 2. The molecule has 2 N–H and O–H groups in total. The summed E-state index contributed by atoms with van der Waals surface area (Å²) < 4.78 is 1.82. The maximum absolute atomic E-state index is 11.9. The van der Waals surface area contributed by atoms with E-state index in [0.717, 1.165) is 24.2 Å². The van der Waals surface area contributed by atoms with Crippen LogP contribution in [0.15, 0.2) is 42.7 Å². The highest BCUT2D eigenvalue weighted by atomic mass is 35.5. The molecule has 0 spiro atoms. The van der Waals surface area contributed by atoms with Crippen molar-refractivity contribution in [1.82, 2.24) is 20.4 Å². The molecule has 3 rings (SSSR count). The van der Waals surface area contributed by atoms with Gasteiger partial charge in [0.15, 0.2) is 0 Å². The van der Waals surface area contributed by atoms with Gasteiger partial charge in [0, 0.05) is 30.8 Å². The lowest BCUT2D eigenvalue weighted by Crippen LogP contribution is -2.27. The minimum absolute atomic E-state index is 0. The normalized spacial score (nSPS) is 16.8. The monoisotopic (exact) mass is 334 g/mol. The number of carbonyl (C=O) groups is 1. The second-order valence-corrected chi connectivity index (χ2v) is 5.74. The Morgan fingerprint density at radius 1 is 1.35 bits per heavy atom. The molecule has 23 heavy (non-hydrogen) atoms. The summed E-state index contributed by atoms with van der Waals surface area (Å²) in [5.41, 5.74) is 2.03. The molecule has 1 aliphatic heterocycles. The number of nitrogens with zero attached hydrogens (tertiary/aromatic N) is 2. The third kappa shape index (κ3) is 5.08. The van der Waals surface area contributed by atoms with Crippen LogP contribution >= 0.6 is 12.4 Å². The van der Waals surface area contributed by atoms with Crippen molar-refractivity contribution < 1.29 is 4.79 Å². The molecule has 5 nitrogen and oxygen atoms in total. The maximum Gasteiger partial charge on any atom is 0.220 e. The van der Waals surface area contributed by atoms with Crippen LogP contribution in [-0.4, -0.2) is 28.3 Å². The molecule has 2 heterocycles. The summed E-state index contributed by atoms with van der Waals surface area (Å²) in [6, 6.07) is 10.5. The van der Waals surface area contributed by atoms with Gasteiger partial charge in [-0.05, 0) is 37.9 Å². The van der Waals surface area contributed by atoms with Crippen LogP contribution in [0.2, 0.25) is 0 Å². The Balaban J connectivity index is 0.00000192. The van der Waals surface area contributed by atoms with Crippen LogP contribution in [0.25, 0.3) is 5.69 Å². The van der Waals surface area contributed by atoms with E-state index in [4.69, 9.17) is 0 Å². The first kappa shape index (κ1) is 17.5. The van der Waals surface area contributed by atoms with Crippen molar-refractivity contribution in [2.75, 3.05) is 6.54 Å². The van der Waals surface area contributed by atoms with Crippen molar-refractivity contribution in [1.29, 1.82) is 0 Å². The number of halogens is 1. The van der Waals surface area contributed by atoms with E-state index >= 15 is 0 Å². The fourth-order valence-electron chi connectivity index (χ4n) is 2.77. The zero-order valence-corrected chi connectivity index (χ0v) is 13.9. The predicted molar refractivity (Wildman–Crippen MR) is 92.9 cm³/mol. The summed E-state index contributed by atoms with van der Waals surface area (Å²) >= 11 is 0. The van der Waals surface area contributed by atoms with Crippen molar-refractivity contribution in [3.05, 3.63) is 48.3 Å². The predicted octanol–water partition coefficient (Wildman–Crippen LogP) is 2.44. The summed E-state index contributed by atoms with van der Waals surface area (Å²) in [6.07, 6.45) is 7.68. The summed E-state index contributed by atoms with van der Waals surface area (Å²) in [4.78, 5) is 11.9. The van der Waals surface area contributed by atoms with Gasteiger partial charge in [0.1, 0.15) is 0 Å². The number of carbonyl (C=O) groups excluding carboxylic acids is 1. The highest BCUT2D eigenvalue weighted by molar-refractivity contribution is 5.85. The average molecular weight is 335 g/mol. The van der Waals surface area contributed by atoms with E-state index in [1.807, 2.05) is 41.2 Å². The number of benzene rings is 1. The maximum atomic E-state index is 11.9. The smallest absolute Gasteiger partial charge is 0.220 e. The molecule has 124 valence electrons. The highest BCUT2D eigenvalue weighted by Crippen LogP contribution is 2.11. The molecule has 0 aliphatic carbocycles. The lowest BCUT2D eigenvalue weighted by molar-refractivity contribution is -0.121. The molecule has 1 aromatic carbocycles.